The normalized spacial score (nSPS) is 24.5. The Bertz CT molecular complexity index is 2430. The molecule has 7 unspecified atom stereocenters. The Morgan fingerprint density at radius 1 is 0.894 bits per heavy atom. The lowest BCUT2D eigenvalue weighted by Gasteiger charge is -2.48. The summed E-state index contributed by atoms with van der Waals surface area (Å²) in [5, 5.41) is 17.4. The maximum atomic E-state index is 15.2. The number of aliphatic hydroxyl groups is 1. The van der Waals surface area contributed by atoms with Crippen molar-refractivity contribution in [2.24, 2.45) is 5.41 Å². The Morgan fingerprint density at radius 2 is 1.56 bits per heavy atom. The minimum Gasteiger partial charge on any atom is -0.460 e. The molecule has 0 radical (unpaired) electrons. The molecule has 1 saturated carbocycles. The van der Waals surface area contributed by atoms with E-state index in [0.717, 1.165) is 11.1 Å². The standard InChI is InChI=1S/C51H56N4O11/c1-49(2,3)63-41(58)25-23-38(31-56)53-46(59)35-17-13-15-33(27-35)29-52-48(61)50-28-39-42-43(65-51(64-42,36-18-8-6-9-19-36)37-20-10-7-11-21-37)45(50)66-55(44(50)47(60)62-39)30-34-16-12-14-32(26-34)22-24-40(57)54(4)5/h6-22,24,26-27,38-39,42-45,56H,23,25,28-31H2,1-5H3,(H,52,61)(H,53,59). The highest BCUT2D eigenvalue weighted by atomic mass is 16.8. The van der Waals surface area contributed by atoms with Crippen LogP contribution in [0.1, 0.15) is 78.2 Å². The maximum absolute atomic E-state index is 15.2. The van der Waals surface area contributed by atoms with Gasteiger partial charge in [0, 0.05) is 56.2 Å². The van der Waals surface area contributed by atoms with Crippen LogP contribution in [0, 0.1) is 5.41 Å². The minimum absolute atomic E-state index is 0.00754. The summed E-state index contributed by atoms with van der Waals surface area (Å²) in [4.78, 5) is 76.0. The number of carbonyl (C=O) groups excluding carboxylic acids is 5. The Balaban J connectivity index is 1.08. The van der Waals surface area contributed by atoms with E-state index >= 15 is 4.79 Å². The summed E-state index contributed by atoms with van der Waals surface area (Å²) in [5.41, 5.74) is 1.65. The lowest BCUT2D eigenvalue weighted by molar-refractivity contribution is -0.213. The quantitative estimate of drug-likeness (QED) is 0.110. The van der Waals surface area contributed by atoms with Gasteiger partial charge in [0.1, 0.15) is 35.4 Å². The van der Waals surface area contributed by atoms with Crippen LogP contribution in [0.4, 0.5) is 0 Å². The number of hydrogen-bond donors (Lipinski definition) is 3. The molecule has 66 heavy (non-hydrogen) atoms. The number of hydroxylamine groups is 2. The van der Waals surface area contributed by atoms with Gasteiger partial charge >= 0.3 is 11.9 Å². The molecule has 1 aliphatic carbocycles. The highest BCUT2D eigenvalue weighted by Crippen LogP contribution is 2.59. The zero-order chi connectivity index (χ0) is 46.8. The van der Waals surface area contributed by atoms with Crippen molar-refractivity contribution in [3.05, 3.63) is 149 Å². The smallest absolute Gasteiger partial charge is 0.327 e. The Morgan fingerprint density at radius 3 is 2.23 bits per heavy atom. The summed E-state index contributed by atoms with van der Waals surface area (Å²) < 4.78 is 25.7. The number of rotatable bonds is 15. The molecule has 346 valence electrons. The molecule has 3 aliphatic heterocycles. The molecule has 15 nitrogen and oxygen atoms in total. The fourth-order valence-corrected chi connectivity index (χ4v) is 9.31. The minimum atomic E-state index is -1.51. The molecule has 3 N–H and O–H groups in total. The van der Waals surface area contributed by atoms with Gasteiger partial charge < -0.3 is 39.6 Å². The second-order valence-electron chi connectivity index (χ2n) is 18.4. The zero-order valence-corrected chi connectivity index (χ0v) is 37.7. The summed E-state index contributed by atoms with van der Waals surface area (Å²) in [6, 6.07) is 31.3. The number of likely N-dealkylation sites (N-methyl/N-ethyl adjacent to an activating group) is 1. The first-order valence-corrected chi connectivity index (χ1v) is 22.2. The first kappa shape index (κ1) is 46.3. The van der Waals surface area contributed by atoms with Crippen LogP contribution < -0.4 is 10.6 Å². The molecule has 3 heterocycles. The van der Waals surface area contributed by atoms with Gasteiger partial charge in [-0.2, -0.15) is 5.06 Å². The molecule has 3 saturated heterocycles. The van der Waals surface area contributed by atoms with E-state index in [9.17, 15) is 24.3 Å². The van der Waals surface area contributed by atoms with Crippen LogP contribution >= 0.6 is 0 Å². The van der Waals surface area contributed by atoms with Gasteiger partial charge in [0.25, 0.3) is 5.91 Å². The lowest BCUT2D eigenvalue weighted by atomic mass is 9.62. The monoisotopic (exact) mass is 900 g/mol. The number of ether oxygens (including phenoxy) is 4. The van der Waals surface area contributed by atoms with Crippen molar-refractivity contribution in [2.75, 3.05) is 20.7 Å². The van der Waals surface area contributed by atoms with Gasteiger partial charge in [0.05, 0.1) is 19.2 Å². The third kappa shape index (κ3) is 9.40. The molecular formula is C51H56N4O11. The molecule has 4 aromatic carbocycles. The number of nitrogens with one attached hydrogen (secondary N) is 2. The molecule has 3 amide bonds. The Hall–Kier alpha value is -6.23. The summed E-state index contributed by atoms with van der Waals surface area (Å²) in [6.07, 6.45) is -0.140. The Labute approximate surface area is 383 Å². The van der Waals surface area contributed by atoms with E-state index in [0.29, 0.717) is 16.7 Å². The zero-order valence-electron chi connectivity index (χ0n) is 37.7. The van der Waals surface area contributed by atoms with Gasteiger partial charge in [-0.1, -0.05) is 97.1 Å². The predicted molar refractivity (Wildman–Crippen MR) is 240 cm³/mol. The number of amides is 3. The van der Waals surface area contributed by atoms with Crippen molar-refractivity contribution >= 4 is 35.7 Å². The first-order valence-electron chi connectivity index (χ1n) is 22.2. The van der Waals surface area contributed by atoms with Gasteiger partial charge in [-0.05, 0) is 62.1 Å². The van der Waals surface area contributed by atoms with Gasteiger partial charge in [-0.25, -0.2) is 0 Å². The molecule has 8 rings (SSSR count). The summed E-state index contributed by atoms with van der Waals surface area (Å²) in [7, 11) is 3.34. The SMILES string of the molecule is CN(C)C(=O)C=Cc1cccc(CN2OC3C4OC(c5ccccc5)(c5ccccc5)OC4C4CC3(C(=O)NCc3cccc(C(=O)NC(CO)CCC(=O)OC(C)(C)C)c3)C2C(=O)O4)c1. The van der Waals surface area contributed by atoms with Gasteiger partial charge in [-0.15, -0.1) is 0 Å². The summed E-state index contributed by atoms with van der Waals surface area (Å²) in [5.74, 6) is -3.60. The van der Waals surface area contributed by atoms with Crippen LogP contribution in [0.2, 0.25) is 0 Å². The first-order chi connectivity index (χ1) is 31.6. The van der Waals surface area contributed by atoms with Crippen molar-refractivity contribution in [1.82, 2.24) is 20.6 Å². The number of fused-ring (bicyclic) bond motifs is 4. The number of esters is 2. The van der Waals surface area contributed by atoms with E-state index in [4.69, 9.17) is 23.8 Å². The lowest BCUT2D eigenvalue weighted by Crippen LogP contribution is -2.69. The molecule has 0 spiro atoms. The van der Waals surface area contributed by atoms with Gasteiger partial charge in [0.2, 0.25) is 17.6 Å². The van der Waals surface area contributed by atoms with E-state index in [2.05, 4.69) is 10.6 Å². The van der Waals surface area contributed by atoms with Crippen LogP contribution in [0.15, 0.2) is 115 Å². The third-order valence-electron chi connectivity index (χ3n) is 12.3. The largest absolute Gasteiger partial charge is 0.460 e. The van der Waals surface area contributed by atoms with Gasteiger partial charge in [0.15, 0.2) is 6.04 Å². The summed E-state index contributed by atoms with van der Waals surface area (Å²) >= 11 is 0. The number of aliphatic hydroxyl groups excluding tert-OH is 1. The third-order valence-corrected chi connectivity index (χ3v) is 12.3. The molecule has 4 aliphatic rings. The highest BCUT2D eigenvalue weighted by molar-refractivity contribution is 5.95. The molecule has 7 atom stereocenters. The van der Waals surface area contributed by atoms with Crippen molar-refractivity contribution < 1.29 is 52.9 Å². The van der Waals surface area contributed by atoms with Crippen molar-refractivity contribution in [1.29, 1.82) is 0 Å². The number of carbonyl (C=O) groups is 5. The van der Waals surface area contributed by atoms with E-state index in [-0.39, 0.29) is 50.4 Å². The van der Waals surface area contributed by atoms with E-state index in [1.165, 1.54) is 16.0 Å². The second-order valence-corrected chi connectivity index (χ2v) is 18.4. The van der Waals surface area contributed by atoms with E-state index in [1.54, 1.807) is 65.2 Å². The molecular weight excluding hydrogens is 845 g/mol. The number of benzene rings is 4. The van der Waals surface area contributed by atoms with E-state index in [1.807, 2.05) is 84.9 Å². The van der Waals surface area contributed by atoms with Crippen molar-refractivity contribution in [3.63, 3.8) is 0 Å². The molecule has 15 heteroatoms. The van der Waals surface area contributed by atoms with Crippen LogP contribution in [0.5, 0.6) is 0 Å². The number of nitrogens with zero attached hydrogens (tertiary/aromatic N) is 2. The van der Waals surface area contributed by atoms with Crippen molar-refractivity contribution in [3.8, 4) is 0 Å². The fourth-order valence-electron chi connectivity index (χ4n) is 9.31. The summed E-state index contributed by atoms with van der Waals surface area (Å²) in [6.45, 7) is 5.00. The van der Waals surface area contributed by atoms with E-state index < -0.39 is 77.1 Å². The molecule has 4 fully saturated rings. The van der Waals surface area contributed by atoms with Crippen LogP contribution in [-0.4, -0.2) is 108 Å². The fraction of sp³-hybridized carbons (Fsp3) is 0.392. The highest BCUT2D eigenvalue weighted by Gasteiger charge is 2.76. The van der Waals surface area contributed by atoms with Crippen LogP contribution in [-0.2, 0) is 61.8 Å². The van der Waals surface area contributed by atoms with Crippen molar-refractivity contribution in [2.45, 2.75) is 101 Å². The van der Waals surface area contributed by atoms with Crippen LogP contribution in [0.3, 0.4) is 0 Å². The molecule has 0 aromatic heterocycles. The topological polar surface area (TPSA) is 182 Å². The average molecular weight is 901 g/mol. The predicted octanol–water partition coefficient (Wildman–Crippen LogP) is 4.80. The maximum Gasteiger partial charge on any atom is 0.327 e. The van der Waals surface area contributed by atoms with Crippen LogP contribution in [0.25, 0.3) is 6.08 Å². The Kier molecular flexibility index (Phi) is 13.3. The number of hydrogen-bond acceptors (Lipinski definition) is 12. The average Bonchev–Trinajstić information content (AvgIpc) is 3.88. The molecule has 2 bridgehead atoms. The second kappa shape index (κ2) is 18.9. The molecule has 4 aromatic rings. The van der Waals surface area contributed by atoms with Gasteiger partial charge in [-0.3, -0.25) is 28.8 Å².